The molecular formula is C53H45NO. The maximum absolute atomic E-state index is 6.28. The number of nitrogens with zero attached hydrogens (tertiary/aromatic N) is 1. The van der Waals surface area contributed by atoms with E-state index < -0.39 is 0 Å². The summed E-state index contributed by atoms with van der Waals surface area (Å²) in [6, 6.07) is 60.5. The quantitative estimate of drug-likeness (QED) is 0.177. The molecule has 8 aromatic rings. The molecule has 1 unspecified atom stereocenters. The zero-order valence-electron chi connectivity index (χ0n) is 31.6. The number of anilines is 3. The number of furan rings is 1. The van der Waals surface area contributed by atoms with E-state index in [1.165, 1.54) is 64.8 Å². The lowest BCUT2D eigenvalue weighted by Gasteiger charge is -2.54. The number of hydrogen-bond donors (Lipinski definition) is 0. The molecule has 3 aliphatic carbocycles. The second kappa shape index (κ2) is 12.6. The third-order valence-corrected chi connectivity index (χ3v) is 13.6. The molecular weight excluding hydrogens is 667 g/mol. The highest BCUT2D eigenvalue weighted by molar-refractivity contribution is 6.06. The summed E-state index contributed by atoms with van der Waals surface area (Å²) in [5, 5.41) is 2.31. The number of hydrogen-bond acceptors (Lipinski definition) is 2. The van der Waals surface area contributed by atoms with Crippen molar-refractivity contribution in [1.29, 1.82) is 0 Å². The van der Waals surface area contributed by atoms with E-state index in [1.807, 2.05) is 12.1 Å². The van der Waals surface area contributed by atoms with Crippen molar-refractivity contribution in [3.63, 3.8) is 0 Å². The van der Waals surface area contributed by atoms with Crippen molar-refractivity contribution >= 4 is 39.0 Å². The molecule has 7 aromatic carbocycles. The summed E-state index contributed by atoms with van der Waals surface area (Å²) in [5.74, 6) is 2.87. The molecule has 2 heteroatoms. The van der Waals surface area contributed by atoms with Gasteiger partial charge in [0.2, 0.25) is 0 Å². The Morgan fingerprint density at radius 2 is 1.15 bits per heavy atom. The van der Waals surface area contributed by atoms with E-state index in [-0.39, 0.29) is 5.41 Å². The summed E-state index contributed by atoms with van der Waals surface area (Å²) in [6.45, 7) is 5.06. The highest BCUT2D eigenvalue weighted by Gasteiger charge is 2.57. The number of para-hydroxylation sites is 1. The topological polar surface area (TPSA) is 16.4 Å². The summed E-state index contributed by atoms with van der Waals surface area (Å²) in [6.07, 6.45) is 5.36. The number of rotatable bonds is 5. The second-order valence-electron chi connectivity index (χ2n) is 16.7. The zero-order valence-corrected chi connectivity index (χ0v) is 31.6. The van der Waals surface area contributed by atoms with Crippen molar-refractivity contribution < 1.29 is 4.42 Å². The number of fused-ring (bicyclic) bond motifs is 11. The molecule has 0 radical (unpaired) electrons. The first-order valence-corrected chi connectivity index (χ1v) is 20.3. The summed E-state index contributed by atoms with van der Waals surface area (Å²) in [4.78, 5) is 2.51. The first-order chi connectivity index (χ1) is 27.1. The van der Waals surface area contributed by atoms with Gasteiger partial charge in [-0.15, -0.1) is 0 Å². The molecule has 268 valence electrons. The lowest BCUT2D eigenvalue weighted by molar-refractivity contribution is 0.0426. The van der Waals surface area contributed by atoms with Crippen LogP contribution < -0.4 is 4.90 Å². The van der Waals surface area contributed by atoms with Crippen molar-refractivity contribution in [3.05, 3.63) is 175 Å². The SMILES string of the molecule is C[C@H]1C[C@@H]2C[C@H](C1)C1(c3ccccc3-c3c(N(c4ccc(-c5ccccc5)cc4)c4ccc(-c5ccc6c(c5)oc5ccccc56)cc4)cccc31)[C@H](C)C2. The molecule has 1 spiro atoms. The van der Waals surface area contributed by atoms with Gasteiger partial charge in [0.05, 0.1) is 5.69 Å². The summed E-state index contributed by atoms with van der Waals surface area (Å²) in [5.41, 5.74) is 16.1. The van der Waals surface area contributed by atoms with Gasteiger partial charge in [0.25, 0.3) is 0 Å². The fraction of sp³-hybridized carbons (Fsp3) is 0.208. The summed E-state index contributed by atoms with van der Waals surface area (Å²) < 4.78 is 6.28. The van der Waals surface area contributed by atoms with Crippen LogP contribution >= 0.6 is 0 Å². The van der Waals surface area contributed by atoms with Crippen LogP contribution in [0.2, 0.25) is 0 Å². The Bertz CT molecular complexity index is 2700. The normalized spacial score (nSPS) is 22.5. The van der Waals surface area contributed by atoms with Crippen LogP contribution in [0, 0.1) is 23.7 Å². The van der Waals surface area contributed by atoms with E-state index in [9.17, 15) is 0 Å². The van der Waals surface area contributed by atoms with Crippen LogP contribution in [-0.2, 0) is 5.41 Å². The van der Waals surface area contributed by atoms with Crippen LogP contribution in [0.5, 0.6) is 0 Å². The van der Waals surface area contributed by atoms with Gasteiger partial charge in [-0.25, -0.2) is 0 Å². The van der Waals surface area contributed by atoms with Gasteiger partial charge in [-0.3, -0.25) is 0 Å². The van der Waals surface area contributed by atoms with Gasteiger partial charge in [0, 0.05) is 33.1 Å². The van der Waals surface area contributed by atoms with E-state index >= 15 is 0 Å². The molecule has 0 aliphatic heterocycles. The molecule has 1 heterocycles. The molecule has 11 rings (SSSR count). The fourth-order valence-corrected chi connectivity index (χ4v) is 11.5. The van der Waals surface area contributed by atoms with Crippen LogP contribution in [0.4, 0.5) is 17.1 Å². The maximum atomic E-state index is 6.28. The maximum Gasteiger partial charge on any atom is 0.136 e. The Morgan fingerprint density at radius 1 is 0.509 bits per heavy atom. The van der Waals surface area contributed by atoms with E-state index in [0.29, 0.717) is 11.8 Å². The van der Waals surface area contributed by atoms with Gasteiger partial charge in [-0.05, 0) is 137 Å². The predicted octanol–water partition coefficient (Wildman–Crippen LogP) is 14.7. The van der Waals surface area contributed by atoms with Crippen molar-refractivity contribution in [2.45, 2.75) is 44.9 Å². The van der Waals surface area contributed by atoms with E-state index in [2.05, 4.69) is 170 Å². The molecule has 0 saturated heterocycles. The van der Waals surface area contributed by atoms with Crippen LogP contribution in [0.1, 0.15) is 50.7 Å². The van der Waals surface area contributed by atoms with Crippen molar-refractivity contribution in [2.24, 2.45) is 23.7 Å². The van der Waals surface area contributed by atoms with E-state index in [1.54, 1.807) is 5.56 Å². The Labute approximate surface area is 324 Å². The van der Waals surface area contributed by atoms with Crippen LogP contribution in [-0.4, -0.2) is 0 Å². The molecule has 55 heavy (non-hydrogen) atoms. The van der Waals surface area contributed by atoms with Crippen molar-refractivity contribution in [3.8, 4) is 33.4 Å². The highest BCUT2D eigenvalue weighted by atomic mass is 16.3. The minimum Gasteiger partial charge on any atom is -0.456 e. The van der Waals surface area contributed by atoms with Gasteiger partial charge < -0.3 is 9.32 Å². The zero-order chi connectivity index (χ0) is 36.7. The predicted molar refractivity (Wildman–Crippen MR) is 229 cm³/mol. The third kappa shape index (κ3) is 5.00. The third-order valence-electron chi connectivity index (χ3n) is 13.6. The van der Waals surface area contributed by atoms with Crippen molar-refractivity contribution in [2.75, 3.05) is 4.90 Å². The van der Waals surface area contributed by atoms with Gasteiger partial charge in [-0.1, -0.05) is 129 Å². The Morgan fingerprint density at radius 3 is 1.95 bits per heavy atom. The van der Waals surface area contributed by atoms with Gasteiger partial charge in [0.15, 0.2) is 0 Å². The Hall–Kier alpha value is -5.86. The van der Waals surface area contributed by atoms with Gasteiger partial charge in [0.1, 0.15) is 11.2 Å². The molecule has 2 fully saturated rings. The monoisotopic (exact) mass is 711 g/mol. The van der Waals surface area contributed by atoms with Crippen LogP contribution in [0.15, 0.2) is 168 Å². The average Bonchev–Trinajstić information content (AvgIpc) is 3.75. The van der Waals surface area contributed by atoms with Crippen LogP contribution in [0.3, 0.4) is 0 Å². The smallest absolute Gasteiger partial charge is 0.136 e. The summed E-state index contributed by atoms with van der Waals surface area (Å²) >= 11 is 0. The first-order valence-electron chi connectivity index (χ1n) is 20.3. The number of benzene rings is 7. The Kier molecular flexibility index (Phi) is 7.46. The molecule has 5 atom stereocenters. The Balaban J connectivity index is 1.07. The minimum absolute atomic E-state index is 0.0368. The fourth-order valence-electron chi connectivity index (χ4n) is 11.5. The average molecular weight is 712 g/mol. The lowest BCUT2D eigenvalue weighted by Crippen LogP contribution is -2.49. The lowest BCUT2D eigenvalue weighted by atomic mass is 9.49. The van der Waals surface area contributed by atoms with Crippen LogP contribution in [0.25, 0.3) is 55.3 Å². The molecule has 2 nitrogen and oxygen atoms in total. The highest BCUT2D eigenvalue weighted by Crippen LogP contribution is 2.66. The molecule has 0 amide bonds. The van der Waals surface area contributed by atoms with Crippen molar-refractivity contribution in [1.82, 2.24) is 0 Å². The molecule has 3 aliphatic rings. The summed E-state index contributed by atoms with van der Waals surface area (Å²) in [7, 11) is 0. The van der Waals surface area contributed by atoms with E-state index in [4.69, 9.17) is 4.42 Å². The first kappa shape index (κ1) is 32.6. The molecule has 2 saturated carbocycles. The van der Waals surface area contributed by atoms with Gasteiger partial charge >= 0.3 is 0 Å². The van der Waals surface area contributed by atoms with E-state index in [0.717, 1.165) is 50.7 Å². The standard InChI is InChI=1S/C53H45NO/c1-34-29-36-31-35(2)53(41(30-34)32-36)47-15-8-6-14-46(47)52-48(53)16-10-17-49(52)54(42-24-19-38(20-25-42)37-11-4-3-5-12-37)43-26-21-39(22-27-43)40-23-28-45-44-13-7-9-18-50(44)55-51(45)33-40/h3-28,33-36,41H,29-32H2,1-2H3/t34-,35+,36-,41-,53?/m0/s1. The second-order valence-corrected chi connectivity index (χ2v) is 16.7. The molecule has 1 aromatic heterocycles. The molecule has 2 bridgehead atoms. The molecule has 0 N–H and O–H groups in total. The van der Waals surface area contributed by atoms with Gasteiger partial charge in [-0.2, -0.15) is 0 Å². The minimum atomic E-state index is 0.0368. The largest absolute Gasteiger partial charge is 0.456 e.